The van der Waals surface area contributed by atoms with Crippen LogP contribution in [0.4, 0.5) is 11.4 Å². The van der Waals surface area contributed by atoms with E-state index in [4.69, 9.17) is 14.9 Å². The molecule has 1 heterocycles. The summed E-state index contributed by atoms with van der Waals surface area (Å²) in [7, 11) is 1.52. The van der Waals surface area contributed by atoms with Gasteiger partial charge in [-0.2, -0.15) is 0 Å². The smallest absolute Gasteiger partial charge is 0.291 e. The van der Waals surface area contributed by atoms with Gasteiger partial charge < -0.3 is 25.5 Å². The second kappa shape index (κ2) is 8.28. The van der Waals surface area contributed by atoms with Gasteiger partial charge in [-0.05, 0) is 42.8 Å². The molecule has 0 saturated heterocycles. The molecular formula is C17H21N3O4. The summed E-state index contributed by atoms with van der Waals surface area (Å²) in [6.45, 7) is 2.12. The number of furan rings is 1. The molecule has 24 heavy (non-hydrogen) atoms. The van der Waals surface area contributed by atoms with Crippen molar-refractivity contribution in [3.63, 3.8) is 0 Å². The molecule has 128 valence electrons. The Morgan fingerprint density at radius 2 is 2.08 bits per heavy atom. The highest BCUT2D eigenvalue weighted by atomic mass is 16.5. The van der Waals surface area contributed by atoms with Crippen LogP contribution in [-0.4, -0.2) is 31.6 Å². The third kappa shape index (κ3) is 4.68. The summed E-state index contributed by atoms with van der Waals surface area (Å²) in [5, 5.41) is 5.55. The van der Waals surface area contributed by atoms with Gasteiger partial charge in [0.2, 0.25) is 5.91 Å². The Labute approximate surface area is 140 Å². The number of rotatable bonds is 7. The van der Waals surface area contributed by atoms with Crippen LogP contribution in [-0.2, 0) is 9.53 Å². The average Bonchev–Trinajstić information content (AvgIpc) is 3.09. The monoisotopic (exact) mass is 331 g/mol. The molecule has 1 aromatic carbocycles. The largest absolute Gasteiger partial charge is 0.459 e. The summed E-state index contributed by atoms with van der Waals surface area (Å²) in [6, 6.07) is 8.45. The highest BCUT2D eigenvalue weighted by Gasteiger charge is 2.13. The third-order valence-corrected chi connectivity index (χ3v) is 3.51. The maximum absolute atomic E-state index is 12.0. The second-order valence-corrected chi connectivity index (χ2v) is 5.31. The molecule has 0 spiro atoms. The Kier molecular flexibility index (Phi) is 6.11. The number of aryl methyl sites for hydroxylation is 1. The number of benzene rings is 1. The molecule has 0 aliphatic heterocycles. The van der Waals surface area contributed by atoms with Crippen molar-refractivity contribution in [2.45, 2.75) is 19.4 Å². The van der Waals surface area contributed by atoms with E-state index in [9.17, 15) is 9.59 Å². The van der Waals surface area contributed by atoms with E-state index < -0.39 is 0 Å². The van der Waals surface area contributed by atoms with Gasteiger partial charge in [0.05, 0.1) is 18.8 Å². The molecule has 2 rings (SSSR count). The predicted molar refractivity (Wildman–Crippen MR) is 90.9 cm³/mol. The van der Waals surface area contributed by atoms with Crippen molar-refractivity contribution in [2.75, 3.05) is 24.3 Å². The van der Waals surface area contributed by atoms with Gasteiger partial charge in [0.1, 0.15) is 0 Å². The summed E-state index contributed by atoms with van der Waals surface area (Å²) in [5.41, 5.74) is 7.60. The number of anilines is 2. The van der Waals surface area contributed by atoms with E-state index in [0.29, 0.717) is 11.4 Å². The lowest BCUT2D eigenvalue weighted by Gasteiger charge is -2.14. The maximum atomic E-state index is 12.0. The van der Waals surface area contributed by atoms with E-state index >= 15 is 0 Å². The number of nitrogens with one attached hydrogen (secondary N) is 2. The van der Waals surface area contributed by atoms with Gasteiger partial charge >= 0.3 is 0 Å². The zero-order valence-electron chi connectivity index (χ0n) is 13.7. The number of carbonyl (C=O) groups excluding carboxylic acids is 2. The molecular weight excluding hydrogens is 310 g/mol. The van der Waals surface area contributed by atoms with Crippen LogP contribution in [0.25, 0.3) is 0 Å². The van der Waals surface area contributed by atoms with Crippen molar-refractivity contribution in [3.05, 3.63) is 47.9 Å². The fraction of sp³-hybridized carbons (Fsp3) is 0.294. The van der Waals surface area contributed by atoms with Crippen LogP contribution in [0.15, 0.2) is 41.0 Å². The number of methoxy groups -OCH3 is 1. The topological polar surface area (TPSA) is 107 Å². The standard InChI is InChI=1S/C17H21N3O4/c1-11-8-12(19-16(21)9-13(10-18)23-2)5-6-14(11)20-17(22)15-4-3-7-24-15/h3-8,13H,9-10,18H2,1-2H3,(H,19,21)(H,20,22). The van der Waals surface area contributed by atoms with Crippen LogP contribution >= 0.6 is 0 Å². The molecule has 0 saturated carbocycles. The fourth-order valence-electron chi connectivity index (χ4n) is 2.16. The maximum Gasteiger partial charge on any atom is 0.291 e. The first kappa shape index (κ1) is 17.7. The van der Waals surface area contributed by atoms with E-state index in [1.54, 1.807) is 30.3 Å². The van der Waals surface area contributed by atoms with Crippen molar-refractivity contribution < 1.29 is 18.7 Å². The van der Waals surface area contributed by atoms with Gasteiger partial charge in [-0.3, -0.25) is 9.59 Å². The highest BCUT2D eigenvalue weighted by molar-refractivity contribution is 6.02. The van der Waals surface area contributed by atoms with Gasteiger partial charge in [-0.1, -0.05) is 0 Å². The van der Waals surface area contributed by atoms with Crippen molar-refractivity contribution >= 4 is 23.2 Å². The van der Waals surface area contributed by atoms with Crippen LogP contribution in [0.1, 0.15) is 22.5 Å². The van der Waals surface area contributed by atoms with E-state index in [1.165, 1.54) is 13.4 Å². The lowest BCUT2D eigenvalue weighted by atomic mass is 10.1. The minimum Gasteiger partial charge on any atom is -0.459 e. The van der Waals surface area contributed by atoms with Crippen LogP contribution < -0.4 is 16.4 Å². The van der Waals surface area contributed by atoms with Crippen molar-refractivity contribution in [1.82, 2.24) is 0 Å². The number of hydrogen-bond donors (Lipinski definition) is 3. The highest BCUT2D eigenvalue weighted by Crippen LogP contribution is 2.21. The Hall–Kier alpha value is -2.64. The summed E-state index contributed by atoms with van der Waals surface area (Å²) in [6.07, 6.45) is 1.32. The Morgan fingerprint density at radius 3 is 2.67 bits per heavy atom. The lowest BCUT2D eigenvalue weighted by Crippen LogP contribution is -2.28. The van der Waals surface area contributed by atoms with Crippen LogP contribution in [0.3, 0.4) is 0 Å². The van der Waals surface area contributed by atoms with Crippen molar-refractivity contribution in [1.29, 1.82) is 0 Å². The second-order valence-electron chi connectivity index (χ2n) is 5.31. The van der Waals surface area contributed by atoms with Crippen molar-refractivity contribution in [2.24, 2.45) is 5.73 Å². The average molecular weight is 331 g/mol. The van der Waals surface area contributed by atoms with Crippen LogP contribution in [0.2, 0.25) is 0 Å². The van der Waals surface area contributed by atoms with Crippen LogP contribution in [0.5, 0.6) is 0 Å². The minimum atomic E-state index is -0.328. The molecule has 1 atom stereocenters. The molecule has 0 aliphatic rings. The molecule has 0 aliphatic carbocycles. The van der Waals surface area contributed by atoms with E-state index in [0.717, 1.165) is 5.56 Å². The van der Waals surface area contributed by atoms with E-state index in [-0.39, 0.29) is 36.6 Å². The number of amides is 2. The summed E-state index contributed by atoms with van der Waals surface area (Å²) < 4.78 is 10.1. The number of nitrogens with two attached hydrogens (primary N) is 1. The van der Waals surface area contributed by atoms with Crippen molar-refractivity contribution in [3.8, 4) is 0 Å². The lowest BCUT2D eigenvalue weighted by molar-refractivity contribution is -0.118. The summed E-state index contributed by atoms with van der Waals surface area (Å²) in [4.78, 5) is 23.9. The molecule has 7 heteroatoms. The molecule has 7 nitrogen and oxygen atoms in total. The number of hydrogen-bond acceptors (Lipinski definition) is 5. The molecule has 0 bridgehead atoms. The van der Waals surface area contributed by atoms with Crippen LogP contribution in [0, 0.1) is 6.92 Å². The van der Waals surface area contributed by atoms with E-state index in [1.807, 2.05) is 6.92 Å². The van der Waals surface area contributed by atoms with Gasteiger partial charge in [0.25, 0.3) is 5.91 Å². The fourth-order valence-corrected chi connectivity index (χ4v) is 2.16. The Morgan fingerprint density at radius 1 is 1.29 bits per heavy atom. The first-order valence-corrected chi connectivity index (χ1v) is 7.51. The van der Waals surface area contributed by atoms with Gasteiger partial charge in [-0.15, -0.1) is 0 Å². The normalized spacial score (nSPS) is 11.8. The zero-order valence-corrected chi connectivity index (χ0v) is 13.7. The molecule has 1 unspecified atom stereocenters. The quantitative estimate of drug-likeness (QED) is 0.720. The molecule has 1 aromatic heterocycles. The third-order valence-electron chi connectivity index (χ3n) is 3.51. The first-order valence-electron chi connectivity index (χ1n) is 7.51. The molecule has 4 N–H and O–H groups in total. The van der Waals surface area contributed by atoms with Gasteiger partial charge in [-0.25, -0.2) is 0 Å². The SMILES string of the molecule is COC(CN)CC(=O)Nc1ccc(NC(=O)c2ccco2)c(C)c1. The summed E-state index contributed by atoms with van der Waals surface area (Å²) >= 11 is 0. The van der Waals surface area contributed by atoms with E-state index in [2.05, 4.69) is 10.6 Å². The molecule has 0 fully saturated rings. The predicted octanol–water partition coefficient (Wildman–Crippen LogP) is 2.14. The molecule has 0 radical (unpaired) electrons. The minimum absolute atomic E-state index is 0.181. The molecule has 2 aromatic rings. The summed E-state index contributed by atoms with van der Waals surface area (Å²) in [5.74, 6) is -0.274. The number of carbonyl (C=O) groups is 2. The van der Waals surface area contributed by atoms with Gasteiger partial charge in [0.15, 0.2) is 5.76 Å². The zero-order chi connectivity index (χ0) is 17.5. The Bertz CT molecular complexity index is 694. The first-order chi connectivity index (χ1) is 11.5. The number of ether oxygens (including phenoxy) is 1. The van der Waals surface area contributed by atoms with Gasteiger partial charge in [0, 0.05) is 25.0 Å². The molecule has 2 amide bonds. The Balaban J connectivity index is 1.99.